The Kier molecular flexibility index (Phi) is 4.44. The second-order valence-corrected chi connectivity index (χ2v) is 3.84. The standard InChI is InChI=1S/C12H18O2/c1-10(9-14-11(2)13)8-12-6-4-3-5-7-12/h3-4,8,12H,5-7,9H2,1-2H3/b10-8+. The summed E-state index contributed by atoms with van der Waals surface area (Å²) in [7, 11) is 0. The summed E-state index contributed by atoms with van der Waals surface area (Å²) in [6.07, 6.45) is 10.2. The van der Waals surface area contributed by atoms with E-state index in [1.165, 1.54) is 19.8 Å². The van der Waals surface area contributed by atoms with Crippen molar-refractivity contribution in [3.05, 3.63) is 23.8 Å². The van der Waals surface area contributed by atoms with Crippen LogP contribution in [0.4, 0.5) is 0 Å². The molecule has 0 aromatic carbocycles. The van der Waals surface area contributed by atoms with E-state index in [1.54, 1.807) is 0 Å². The van der Waals surface area contributed by atoms with E-state index in [2.05, 4.69) is 18.2 Å². The molecule has 0 spiro atoms. The van der Waals surface area contributed by atoms with Gasteiger partial charge in [0.2, 0.25) is 0 Å². The monoisotopic (exact) mass is 194 g/mol. The third-order valence-corrected chi connectivity index (χ3v) is 2.33. The van der Waals surface area contributed by atoms with Crippen LogP contribution in [0.5, 0.6) is 0 Å². The van der Waals surface area contributed by atoms with Crippen LogP contribution >= 0.6 is 0 Å². The van der Waals surface area contributed by atoms with Crippen LogP contribution in [0.1, 0.15) is 33.1 Å². The number of hydrogen-bond donors (Lipinski definition) is 0. The van der Waals surface area contributed by atoms with E-state index >= 15 is 0 Å². The number of ether oxygens (including phenoxy) is 1. The zero-order chi connectivity index (χ0) is 10.4. The number of esters is 1. The lowest BCUT2D eigenvalue weighted by Gasteiger charge is -2.14. The molecular weight excluding hydrogens is 176 g/mol. The lowest BCUT2D eigenvalue weighted by molar-refractivity contribution is -0.139. The molecule has 0 radical (unpaired) electrons. The van der Waals surface area contributed by atoms with Crippen molar-refractivity contribution < 1.29 is 9.53 Å². The van der Waals surface area contributed by atoms with Gasteiger partial charge in [-0.05, 0) is 37.7 Å². The van der Waals surface area contributed by atoms with E-state index in [1.807, 2.05) is 6.92 Å². The van der Waals surface area contributed by atoms with E-state index in [0.717, 1.165) is 12.0 Å². The predicted molar refractivity (Wildman–Crippen MR) is 56.9 cm³/mol. The van der Waals surface area contributed by atoms with Gasteiger partial charge in [-0.3, -0.25) is 4.79 Å². The zero-order valence-electron chi connectivity index (χ0n) is 8.95. The van der Waals surface area contributed by atoms with Crippen LogP contribution in [0, 0.1) is 5.92 Å². The maximum Gasteiger partial charge on any atom is 0.302 e. The van der Waals surface area contributed by atoms with Crippen LogP contribution in [0.3, 0.4) is 0 Å². The number of carbonyl (C=O) groups is 1. The fourth-order valence-corrected chi connectivity index (χ4v) is 1.63. The SMILES string of the molecule is CC(=O)OC/C(C)=C/C1CC=CCC1. The minimum absolute atomic E-state index is 0.207. The highest BCUT2D eigenvalue weighted by Crippen LogP contribution is 2.20. The molecule has 78 valence electrons. The van der Waals surface area contributed by atoms with Gasteiger partial charge in [-0.1, -0.05) is 18.2 Å². The van der Waals surface area contributed by atoms with Crippen LogP contribution in [-0.4, -0.2) is 12.6 Å². The normalized spacial score (nSPS) is 22.1. The summed E-state index contributed by atoms with van der Waals surface area (Å²) in [4.78, 5) is 10.6. The Balaban J connectivity index is 2.34. The molecule has 1 rings (SSSR count). The van der Waals surface area contributed by atoms with Crippen LogP contribution in [0.15, 0.2) is 23.8 Å². The van der Waals surface area contributed by atoms with Crippen LogP contribution in [0.2, 0.25) is 0 Å². The van der Waals surface area contributed by atoms with Crippen molar-refractivity contribution in [3.8, 4) is 0 Å². The zero-order valence-corrected chi connectivity index (χ0v) is 8.95. The lowest BCUT2D eigenvalue weighted by atomic mass is 9.93. The Morgan fingerprint density at radius 2 is 2.29 bits per heavy atom. The lowest BCUT2D eigenvalue weighted by Crippen LogP contribution is -2.04. The van der Waals surface area contributed by atoms with Crippen molar-refractivity contribution in [2.24, 2.45) is 5.92 Å². The van der Waals surface area contributed by atoms with Gasteiger partial charge in [-0.15, -0.1) is 0 Å². The predicted octanol–water partition coefficient (Wildman–Crippen LogP) is 2.85. The molecule has 0 heterocycles. The summed E-state index contributed by atoms with van der Waals surface area (Å²) in [5.74, 6) is 0.428. The molecule has 0 aromatic rings. The molecule has 14 heavy (non-hydrogen) atoms. The molecule has 0 saturated heterocycles. The van der Waals surface area contributed by atoms with Gasteiger partial charge >= 0.3 is 5.97 Å². The van der Waals surface area contributed by atoms with Gasteiger partial charge in [-0.25, -0.2) is 0 Å². The second kappa shape index (κ2) is 5.63. The van der Waals surface area contributed by atoms with Crippen molar-refractivity contribution in [3.63, 3.8) is 0 Å². The van der Waals surface area contributed by atoms with E-state index in [0.29, 0.717) is 12.5 Å². The first-order valence-corrected chi connectivity index (χ1v) is 5.14. The average Bonchev–Trinajstić information content (AvgIpc) is 2.16. The Labute approximate surface area is 85.6 Å². The van der Waals surface area contributed by atoms with Crippen LogP contribution < -0.4 is 0 Å². The first-order chi connectivity index (χ1) is 6.68. The molecule has 1 unspecified atom stereocenters. The van der Waals surface area contributed by atoms with Gasteiger partial charge in [-0.2, -0.15) is 0 Å². The summed E-state index contributed by atoms with van der Waals surface area (Å²) in [6.45, 7) is 3.90. The third-order valence-electron chi connectivity index (χ3n) is 2.33. The molecule has 0 aromatic heterocycles. The van der Waals surface area contributed by atoms with Gasteiger partial charge in [0.15, 0.2) is 0 Å². The van der Waals surface area contributed by atoms with Gasteiger partial charge in [0, 0.05) is 6.92 Å². The first kappa shape index (κ1) is 11.0. The highest BCUT2D eigenvalue weighted by Gasteiger charge is 2.07. The summed E-state index contributed by atoms with van der Waals surface area (Å²) in [6, 6.07) is 0. The topological polar surface area (TPSA) is 26.3 Å². The molecule has 0 saturated carbocycles. The van der Waals surface area contributed by atoms with Gasteiger partial charge < -0.3 is 4.74 Å². The maximum atomic E-state index is 10.6. The minimum Gasteiger partial charge on any atom is -0.461 e. The smallest absolute Gasteiger partial charge is 0.302 e. The summed E-state index contributed by atoms with van der Waals surface area (Å²) < 4.78 is 4.92. The molecule has 0 bridgehead atoms. The van der Waals surface area contributed by atoms with Crippen molar-refractivity contribution in [2.75, 3.05) is 6.61 Å². The van der Waals surface area contributed by atoms with Gasteiger partial charge in [0.05, 0.1) is 0 Å². The van der Waals surface area contributed by atoms with Crippen LogP contribution in [-0.2, 0) is 9.53 Å². The fraction of sp³-hybridized carbons (Fsp3) is 0.583. The number of hydrogen-bond acceptors (Lipinski definition) is 2. The first-order valence-electron chi connectivity index (χ1n) is 5.14. The van der Waals surface area contributed by atoms with E-state index in [-0.39, 0.29) is 5.97 Å². The number of carbonyl (C=O) groups excluding carboxylic acids is 1. The highest BCUT2D eigenvalue weighted by molar-refractivity contribution is 5.66. The molecule has 1 aliphatic carbocycles. The number of rotatable bonds is 3. The average molecular weight is 194 g/mol. The molecule has 1 aliphatic rings. The molecule has 0 N–H and O–H groups in total. The number of allylic oxidation sites excluding steroid dienone is 3. The highest BCUT2D eigenvalue weighted by atomic mass is 16.5. The summed E-state index contributed by atoms with van der Waals surface area (Å²) in [5.41, 5.74) is 1.15. The Hall–Kier alpha value is -1.05. The quantitative estimate of drug-likeness (QED) is 0.510. The molecule has 0 amide bonds. The van der Waals surface area contributed by atoms with Gasteiger partial charge in [0.25, 0.3) is 0 Å². The summed E-state index contributed by atoms with van der Waals surface area (Å²) in [5, 5.41) is 0. The van der Waals surface area contributed by atoms with Crippen molar-refractivity contribution >= 4 is 5.97 Å². The van der Waals surface area contributed by atoms with Crippen molar-refractivity contribution in [2.45, 2.75) is 33.1 Å². The van der Waals surface area contributed by atoms with Crippen molar-refractivity contribution in [1.29, 1.82) is 0 Å². The van der Waals surface area contributed by atoms with E-state index in [9.17, 15) is 4.79 Å². The molecule has 2 nitrogen and oxygen atoms in total. The second-order valence-electron chi connectivity index (χ2n) is 3.84. The molecule has 0 fully saturated rings. The molecule has 0 aliphatic heterocycles. The minimum atomic E-state index is -0.207. The van der Waals surface area contributed by atoms with E-state index < -0.39 is 0 Å². The Morgan fingerprint density at radius 1 is 1.50 bits per heavy atom. The van der Waals surface area contributed by atoms with Crippen molar-refractivity contribution in [1.82, 2.24) is 0 Å². The van der Waals surface area contributed by atoms with Gasteiger partial charge in [0.1, 0.15) is 6.61 Å². The molecular formula is C12H18O2. The molecule has 1 atom stereocenters. The third kappa shape index (κ3) is 4.26. The Morgan fingerprint density at radius 3 is 2.86 bits per heavy atom. The van der Waals surface area contributed by atoms with E-state index in [4.69, 9.17) is 4.74 Å². The summed E-state index contributed by atoms with van der Waals surface area (Å²) >= 11 is 0. The Bertz CT molecular complexity index is 251. The maximum absolute atomic E-state index is 10.6. The van der Waals surface area contributed by atoms with Crippen LogP contribution in [0.25, 0.3) is 0 Å². The molecule has 2 heteroatoms. The largest absolute Gasteiger partial charge is 0.461 e. The fourth-order valence-electron chi connectivity index (χ4n) is 1.63.